The number of hydrogen-bond donors (Lipinski definition) is 0. The summed E-state index contributed by atoms with van der Waals surface area (Å²) in [4.78, 5) is 0. The fourth-order valence-corrected chi connectivity index (χ4v) is 3.99. The highest BCUT2D eigenvalue weighted by Gasteiger charge is 2.16. The van der Waals surface area contributed by atoms with E-state index in [1.54, 1.807) is 11.1 Å². The van der Waals surface area contributed by atoms with Gasteiger partial charge < -0.3 is 4.74 Å². The van der Waals surface area contributed by atoms with Gasteiger partial charge in [-0.3, -0.25) is 0 Å². The lowest BCUT2D eigenvalue weighted by Gasteiger charge is -2.24. The Hall–Kier alpha value is -0.560. The highest BCUT2D eigenvalue weighted by molar-refractivity contribution is 5.09. The molecule has 0 aromatic carbocycles. The normalized spacial score (nSPS) is 21.0. The second-order valence-corrected chi connectivity index (χ2v) is 9.20. The average molecular weight is 363 g/mol. The van der Waals surface area contributed by atoms with Crippen LogP contribution < -0.4 is 0 Å². The van der Waals surface area contributed by atoms with Crippen molar-refractivity contribution < 1.29 is 4.74 Å². The predicted octanol–water partition coefficient (Wildman–Crippen LogP) is 7.96. The van der Waals surface area contributed by atoms with Gasteiger partial charge in [-0.25, -0.2) is 0 Å². The first-order chi connectivity index (χ1) is 12.4. The lowest BCUT2D eigenvalue weighted by Crippen LogP contribution is -2.19. The van der Waals surface area contributed by atoms with Gasteiger partial charge in [-0.2, -0.15) is 0 Å². The van der Waals surface area contributed by atoms with Crippen LogP contribution in [0.5, 0.6) is 0 Å². The largest absolute Gasteiger partial charge is 0.381 e. The molecule has 0 radical (unpaired) electrons. The maximum Gasteiger partial charge on any atom is 0.0468 e. The third kappa shape index (κ3) is 9.95. The molecule has 0 aromatic rings. The van der Waals surface area contributed by atoms with Gasteiger partial charge in [0.15, 0.2) is 0 Å². The quantitative estimate of drug-likeness (QED) is 0.462. The van der Waals surface area contributed by atoms with Crippen molar-refractivity contribution >= 4 is 0 Å². The number of rotatable bonds is 3. The highest BCUT2D eigenvalue weighted by Crippen LogP contribution is 2.24. The van der Waals surface area contributed by atoms with Crippen LogP contribution in [-0.2, 0) is 4.74 Å². The summed E-state index contributed by atoms with van der Waals surface area (Å²) in [6, 6.07) is 0. The van der Waals surface area contributed by atoms with Crippen molar-refractivity contribution in [3.63, 3.8) is 0 Å². The summed E-state index contributed by atoms with van der Waals surface area (Å²) in [5.74, 6) is 3.38. The van der Waals surface area contributed by atoms with Gasteiger partial charge in [-0.15, -0.1) is 0 Å². The van der Waals surface area contributed by atoms with Crippen LogP contribution in [0.4, 0.5) is 0 Å². The molecule has 0 atom stereocenters. The first kappa shape index (κ1) is 23.5. The van der Waals surface area contributed by atoms with E-state index < -0.39 is 0 Å². The smallest absolute Gasteiger partial charge is 0.0468 e. The molecule has 0 aromatic heterocycles. The van der Waals surface area contributed by atoms with Gasteiger partial charge in [0.25, 0.3) is 0 Å². The zero-order valence-corrected chi connectivity index (χ0v) is 18.7. The summed E-state index contributed by atoms with van der Waals surface area (Å²) in [6.07, 6.45) is 17.0. The van der Waals surface area contributed by atoms with Gasteiger partial charge in [-0.05, 0) is 81.5 Å². The second kappa shape index (κ2) is 13.6. The molecule has 1 heterocycles. The number of hydrogen-bond acceptors (Lipinski definition) is 1. The highest BCUT2D eigenvalue weighted by atomic mass is 16.5. The molecule has 3 aliphatic rings. The summed E-state index contributed by atoms with van der Waals surface area (Å²) in [5, 5.41) is 0. The maximum atomic E-state index is 5.25. The Morgan fingerprint density at radius 3 is 1.54 bits per heavy atom. The van der Waals surface area contributed by atoms with E-state index in [0.29, 0.717) is 0 Å². The number of ether oxygens (including phenoxy) is 1. The molecule has 1 nitrogen and oxygen atoms in total. The molecule has 1 heteroatoms. The van der Waals surface area contributed by atoms with Crippen LogP contribution in [0.1, 0.15) is 99.3 Å². The van der Waals surface area contributed by atoms with Crippen molar-refractivity contribution in [2.24, 2.45) is 23.7 Å². The van der Waals surface area contributed by atoms with E-state index >= 15 is 0 Å². The van der Waals surface area contributed by atoms with E-state index in [2.05, 4.69) is 53.7 Å². The molecule has 1 fully saturated rings. The van der Waals surface area contributed by atoms with Crippen LogP contribution in [0.2, 0.25) is 0 Å². The van der Waals surface area contributed by atoms with Gasteiger partial charge in [0.1, 0.15) is 0 Å². The van der Waals surface area contributed by atoms with Crippen molar-refractivity contribution in [1.82, 2.24) is 0 Å². The molecule has 0 bridgehead atoms. The van der Waals surface area contributed by atoms with E-state index in [-0.39, 0.29) is 0 Å². The maximum absolute atomic E-state index is 5.25. The molecule has 0 saturated carbocycles. The first-order valence-electron chi connectivity index (χ1n) is 11.4. The van der Waals surface area contributed by atoms with E-state index in [1.807, 2.05) is 0 Å². The van der Waals surface area contributed by atoms with Crippen molar-refractivity contribution in [2.75, 3.05) is 13.2 Å². The lowest BCUT2D eigenvalue weighted by molar-refractivity contribution is 0.0523. The van der Waals surface area contributed by atoms with E-state index in [1.165, 1.54) is 57.8 Å². The molecule has 0 N–H and O–H groups in total. The summed E-state index contributed by atoms with van der Waals surface area (Å²) in [7, 11) is 0. The standard InChI is InChI=1S/C9H16.C8H16O.C8H14/c1-8(2)9-6-4-3-5-7-9;1-7(2)8-3-5-9-6-4-8;1-7(2)8-5-3-4-6-8/h6,8H,3-5,7H2,1-2H3;7-8H,3-6H2,1-2H3;5,7H,3-4,6H2,1-2H3. The summed E-state index contributed by atoms with van der Waals surface area (Å²) in [5.41, 5.74) is 3.35. The Bertz CT molecular complexity index is 408. The van der Waals surface area contributed by atoms with Crippen molar-refractivity contribution in [3.05, 3.63) is 23.3 Å². The molecule has 2 aliphatic carbocycles. The molecular formula is C25H46O. The minimum absolute atomic E-state index is 0.797. The Morgan fingerprint density at radius 1 is 0.731 bits per heavy atom. The molecule has 1 saturated heterocycles. The SMILES string of the molecule is CC(C)C1=CCCC1.CC(C)C1=CCCCC1.CC(C)C1CCOCC1. The Kier molecular flexibility index (Phi) is 12.3. The monoisotopic (exact) mass is 362 g/mol. The van der Waals surface area contributed by atoms with Crippen molar-refractivity contribution in [3.8, 4) is 0 Å². The van der Waals surface area contributed by atoms with Crippen LogP contribution >= 0.6 is 0 Å². The molecule has 1 aliphatic heterocycles. The fourth-order valence-electron chi connectivity index (χ4n) is 3.99. The molecule has 26 heavy (non-hydrogen) atoms. The van der Waals surface area contributed by atoms with Crippen LogP contribution in [0.25, 0.3) is 0 Å². The predicted molar refractivity (Wildman–Crippen MR) is 117 cm³/mol. The van der Waals surface area contributed by atoms with Crippen molar-refractivity contribution in [1.29, 1.82) is 0 Å². The van der Waals surface area contributed by atoms with E-state index in [4.69, 9.17) is 4.74 Å². The van der Waals surface area contributed by atoms with E-state index in [0.717, 1.165) is 36.9 Å². The third-order valence-electron chi connectivity index (χ3n) is 6.09. The van der Waals surface area contributed by atoms with Gasteiger partial charge in [0.2, 0.25) is 0 Å². The molecule has 0 unspecified atom stereocenters. The Morgan fingerprint density at radius 2 is 1.23 bits per heavy atom. The molecule has 0 amide bonds. The Balaban J connectivity index is 0.000000195. The molecule has 3 rings (SSSR count). The van der Waals surface area contributed by atoms with Crippen molar-refractivity contribution in [2.45, 2.75) is 99.3 Å². The van der Waals surface area contributed by atoms with Crippen LogP contribution in [0.15, 0.2) is 23.3 Å². The topological polar surface area (TPSA) is 9.23 Å². The molecule has 0 spiro atoms. The van der Waals surface area contributed by atoms with Gasteiger partial charge in [-0.1, -0.05) is 64.8 Å². The summed E-state index contributed by atoms with van der Waals surface area (Å²) in [6.45, 7) is 15.7. The molecular weight excluding hydrogens is 316 g/mol. The number of allylic oxidation sites excluding steroid dienone is 4. The Labute approximate surface area is 164 Å². The van der Waals surface area contributed by atoms with E-state index in [9.17, 15) is 0 Å². The average Bonchev–Trinajstić information content (AvgIpc) is 3.19. The van der Waals surface area contributed by atoms with Gasteiger partial charge in [0.05, 0.1) is 0 Å². The zero-order valence-electron chi connectivity index (χ0n) is 18.7. The zero-order chi connectivity index (χ0) is 19.4. The lowest BCUT2D eigenvalue weighted by atomic mass is 9.89. The molecule has 152 valence electrons. The summed E-state index contributed by atoms with van der Waals surface area (Å²) >= 11 is 0. The first-order valence-corrected chi connectivity index (χ1v) is 11.4. The van der Waals surface area contributed by atoms with Crippen LogP contribution in [0, 0.1) is 23.7 Å². The van der Waals surface area contributed by atoms with Gasteiger partial charge >= 0.3 is 0 Å². The minimum Gasteiger partial charge on any atom is -0.381 e. The van der Waals surface area contributed by atoms with Crippen LogP contribution in [0.3, 0.4) is 0 Å². The second-order valence-electron chi connectivity index (χ2n) is 9.20. The minimum atomic E-state index is 0.797. The summed E-state index contributed by atoms with van der Waals surface area (Å²) < 4.78 is 5.25. The van der Waals surface area contributed by atoms with Crippen LogP contribution in [-0.4, -0.2) is 13.2 Å². The third-order valence-corrected chi connectivity index (χ3v) is 6.09. The fraction of sp³-hybridized carbons (Fsp3) is 0.840. The van der Waals surface area contributed by atoms with Gasteiger partial charge in [0, 0.05) is 13.2 Å².